The van der Waals surface area contributed by atoms with Gasteiger partial charge in [-0.05, 0) is 13.3 Å². The molecule has 0 spiro atoms. The number of aromatic nitrogens is 2. The molecule has 0 bridgehead atoms. The number of aromatic amines is 1. The number of hydrogen-bond donors (Lipinski definition) is 2. The number of hydrogen-bond acceptors (Lipinski definition) is 4. The molecule has 2 rings (SSSR count). The van der Waals surface area contributed by atoms with Gasteiger partial charge in [0, 0.05) is 29.5 Å². The second-order valence-corrected chi connectivity index (χ2v) is 5.28. The van der Waals surface area contributed by atoms with Gasteiger partial charge in [0.1, 0.15) is 10.6 Å². The van der Waals surface area contributed by atoms with Crippen molar-refractivity contribution >= 4 is 17.2 Å². The molecule has 0 radical (unpaired) electrons. The van der Waals surface area contributed by atoms with E-state index in [4.69, 9.17) is 0 Å². The zero-order valence-corrected chi connectivity index (χ0v) is 11.6. The van der Waals surface area contributed by atoms with Gasteiger partial charge in [-0.1, -0.05) is 6.92 Å². The molecule has 0 saturated heterocycles. The van der Waals surface area contributed by atoms with Crippen molar-refractivity contribution in [1.29, 1.82) is 0 Å². The highest BCUT2D eigenvalue weighted by atomic mass is 32.1. The summed E-state index contributed by atoms with van der Waals surface area (Å²) < 4.78 is 0. The summed E-state index contributed by atoms with van der Waals surface area (Å²) in [5.41, 5.74) is -0.182. The Morgan fingerprint density at radius 2 is 2.37 bits per heavy atom. The molecule has 2 N–H and O–H groups in total. The van der Waals surface area contributed by atoms with E-state index in [-0.39, 0.29) is 22.9 Å². The quantitative estimate of drug-likeness (QED) is 0.896. The van der Waals surface area contributed by atoms with Crippen LogP contribution in [0, 0.1) is 0 Å². The van der Waals surface area contributed by atoms with E-state index < -0.39 is 0 Å². The number of carbonyl (C=O) groups is 1. The van der Waals surface area contributed by atoms with Gasteiger partial charge >= 0.3 is 0 Å². The minimum atomic E-state index is -0.386. The number of thiazole rings is 1. The normalized spacial score (nSPS) is 12.1. The van der Waals surface area contributed by atoms with E-state index in [0.29, 0.717) is 0 Å². The molecule has 19 heavy (non-hydrogen) atoms. The maximum Gasteiger partial charge on any atom is 0.257 e. The fourth-order valence-electron chi connectivity index (χ4n) is 1.62. The smallest absolute Gasteiger partial charge is 0.257 e. The number of rotatable bonds is 4. The third-order valence-corrected chi connectivity index (χ3v) is 4.03. The first-order valence-electron chi connectivity index (χ1n) is 6.04. The van der Waals surface area contributed by atoms with Crippen molar-refractivity contribution in [1.82, 2.24) is 15.3 Å². The molecule has 0 aromatic carbocycles. The standard InChI is InChI=1S/C13H15N3O2S/c1-3-9-6-15-13(19-9)8(2)16-12(18)10-7-14-5-4-11(10)17/h4-8H,3H2,1-2H3,(H,14,17)(H,16,18). The van der Waals surface area contributed by atoms with E-state index in [2.05, 4.69) is 22.2 Å². The van der Waals surface area contributed by atoms with Crippen molar-refractivity contribution < 1.29 is 4.79 Å². The number of nitrogens with one attached hydrogen (secondary N) is 2. The molecule has 1 unspecified atom stereocenters. The van der Waals surface area contributed by atoms with Crippen LogP contribution in [-0.4, -0.2) is 15.9 Å². The Bertz CT molecular complexity index is 633. The molecule has 0 aliphatic heterocycles. The number of nitrogens with zero attached hydrogens (tertiary/aromatic N) is 1. The van der Waals surface area contributed by atoms with Crippen LogP contribution >= 0.6 is 11.3 Å². The van der Waals surface area contributed by atoms with Gasteiger partial charge in [0.2, 0.25) is 0 Å². The first-order chi connectivity index (χ1) is 9.11. The van der Waals surface area contributed by atoms with Crippen LogP contribution in [0.25, 0.3) is 0 Å². The second kappa shape index (κ2) is 5.79. The van der Waals surface area contributed by atoms with Crippen molar-refractivity contribution in [3.05, 3.63) is 50.3 Å². The Hall–Kier alpha value is -1.95. The van der Waals surface area contributed by atoms with Gasteiger partial charge < -0.3 is 10.3 Å². The molecule has 0 saturated carbocycles. The SMILES string of the molecule is CCc1cnc(C(C)NC(=O)c2c[nH]ccc2=O)s1. The topological polar surface area (TPSA) is 74.8 Å². The summed E-state index contributed by atoms with van der Waals surface area (Å²) in [5.74, 6) is -0.386. The van der Waals surface area contributed by atoms with Gasteiger partial charge in [0.05, 0.1) is 6.04 Å². The molecule has 5 nitrogen and oxygen atoms in total. The largest absolute Gasteiger partial charge is 0.367 e. The lowest BCUT2D eigenvalue weighted by molar-refractivity contribution is 0.0938. The number of pyridine rings is 1. The van der Waals surface area contributed by atoms with E-state index in [1.807, 2.05) is 13.1 Å². The molecule has 0 aliphatic carbocycles. The van der Waals surface area contributed by atoms with E-state index in [9.17, 15) is 9.59 Å². The van der Waals surface area contributed by atoms with Gasteiger partial charge in [-0.3, -0.25) is 9.59 Å². The van der Waals surface area contributed by atoms with Crippen LogP contribution in [-0.2, 0) is 6.42 Å². The highest BCUT2D eigenvalue weighted by molar-refractivity contribution is 7.11. The van der Waals surface area contributed by atoms with E-state index in [1.54, 1.807) is 11.3 Å². The summed E-state index contributed by atoms with van der Waals surface area (Å²) in [5, 5.41) is 3.62. The zero-order chi connectivity index (χ0) is 13.8. The van der Waals surface area contributed by atoms with Gasteiger partial charge in [-0.25, -0.2) is 4.98 Å². The van der Waals surface area contributed by atoms with E-state index in [1.165, 1.54) is 23.3 Å². The fraction of sp³-hybridized carbons (Fsp3) is 0.308. The molecular formula is C13H15N3O2S. The highest BCUT2D eigenvalue weighted by Gasteiger charge is 2.16. The van der Waals surface area contributed by atoms with Crippen molar-refractivity contribution in [2.45, 2.75) is 26.3 Å². The summed E-state index contributed by atoms with van der Waals surface area (Å²) in [6.45, 7) is 3.91. The Kier molecular flexibility index (Phi) is 4.11. The molecule has 2 heterocycles. The highest BCUT2D eigenvalue weighted by Crippen LogP contribution is 2.20. The van der Waals surface area contributed by atoms with Gasteiger partial charge in [-0.2, -0.15) is 0 Å². The minimum Gasteiger partial charge on any atom is -0.367 e. The van der Waals surface area contributed by atoms with Crippen LogP contribution in [0.1, 0.15) is 40.1 Å². The lowest BCUT2D eigenvalue weighted by Crippen LogP contribution is -2.30. The molecule has 6 heteroatoms. The molecule has 1 atom stereocenters. The van der Waals surface area contributed by atoms with E-state index >= 15 is 0 Å². The first-order valence-corrected chi connectivity index (χ1v) is 6.86. The number of H-pyrrole nitrogens is 1. The summed E-state index contributed by atoms with van der Waals surface area (Å²) in [6, 6.07) is 1.12. The lowest BCUT2D eigenvalue weighted by atomic mass is 10.2. The monoisotopic (exact) mass is 277 g/mol. The summed E-state index contributed by atoms with van der Waals surface area (Å²) in [4.78, 5) is 31.7. The molecule has 0 aliphatic rings. The predicted octanol–water partition coefficient (Wildman–Crippen LogP) is 1.88. The van der Waals surface area contributed by atoms with Crippen molar-refractivity contribution in [3.8, 4) is 0 Å². The zero-order valence-electron chi connectivity index (χ0n) is 10.8. The molecular weight excluding hydrogens is 262 g/mol. The summed E-state index contributed by atoms with van der Waals surface area (Å²) in [7, 11) is 0. The maximum absolute atomic E-state index is 12.0. The third-order valence-electron chi connectivity index (χ3n) is 2.71. The maximum atomic E-state index is 12.0. The number of aryl methyl sites for hydroxylation is 1. The molecule has 1 amide bonds. The summed E-state index contributed by atoms with van der Waals surface area (Å²) >= 11 is 1.57. The molecule has 2 aromatic heterocycles. The van der Waals surface area contributed by atoms with Crippen molar-refractivity contribution in [2.24, 2.45) is 0 Å². The van der Waals surface area contributed by atoms with Crippen LogP contribution in [0.4, 0.5) is 0 Å². The third kappa shape index (κ3) is 3.08. The molecule has 0 fully saturated rings. The van der Waals surface area contributed by atoms with Crippen LogP contribution in [0.15, 0.2) is 29.5 Å². The fourth-order valence-corrected chi connectivity index (χ4v) is 2.48. The van der Waals surface area contributed by atoms with Gasteiger partial charge in [-0.15, -0.1) is 11.3 Å². The molecule has 2 aromatic rings. The van der Waals surface area contributed by atoms with Crippen LogP contribution < -0.4 is 10.7 Å². The Morgan fingerprint density at radius 3 is 3.00 bits per heavy atom. The molecule has 100 valence electrons. The van der Waals surface area contributed by atoms with Gasteiger partial charge in [0.25, 0.3) is 5.91 Å². The van der Waals surface area contributed by atoms with Crippen molar-refractivity contribution in [3.63, 3.8) is 0 Å². The minimum absolute atomic E-state index is 0.113. The van der Waals surface area contributed by atoms with Crippen LogP contribution in [0.2, 0.25) is 0 Å². The first kappa shape index (κ1) is 13.5. The Balaban J connectivity index is 2.11. The van der Waals surface area contributed by atoms with Gasteiger partial charge in [0.15, 0.2) is 5.43 Å². The average Bonchev–Trinajstić information content (AvgIpc) is 2.88. The summed E-state index contributed by atoms with van der Waals surface area (Å²) in [6.07, 6.45) is 5.65. The predicted molar refractivity (Wildman–Crippen MR) is 74.4 cm³/mol. The lowest BCUT2D eigenvalue weighted by Gasteiger charge is -2.10. The number of carbonyl (C=O) groups excluding carboxylic acids is 1. The van der Waals surface area contributed by atoms with Crippen molar-refractivity contribution in [2.75, 3.05) is 0 Å². The second-order valence-electron chi connectivity index (χ2n) is 4.14. The number of amides is 1. The van der Waals surface area contributed by atoms with E-state index in [0.717, 1.165) is 11.4 Å². The van der Waals surface area contributed by atoms with Crippen LogP contribution in [0.3, 0.4) is 0 Å². The van der Waals surface area contributed by atoms with Crippen LogP contribution in [0.5, 0.6) is 0 Å². The Morgan fingerprint density at radius 1 is 1.58 bits per heavy atom. The Labute approximate surface area is 114 Å². The average molecular weight is 277 g/mol.